The largest absolute Gasteiger partial charge is 0.398 e. The predicted octanol–water partition coefficient (Wildman–Crippen LogP) is 1.51. The van der Waals surface area contributed by atoms with Crippen LogP contribution in [-0.4, -0.2) is 26.5 Å². The van der Waals surface area contributed by atoms with E-state index in [2.05, 4.69) is 4.83 Å². The van der Waals surface area contributed by atoms with Crippen molar-refractivity contribution in [3.05, 3.63) is 23.8 Å². The van der Waals surface area contributed by atoms with Crippen LogP contribution in [0, 0.1) is 0 Å². The number of nitrogen functional groups attached to an aromatic ring is 1. The van der Waals surface area contributed by atoms with Gasteiger partial charge in [-0.3, -0.25) is 0 Å². The molecule has 0 aromatic heterocycles. The van der Waals surface area contributed by atoms with Gasteiger partial charge in [0.2, 0.25) is 0 Å². The van der Waals surface area contributed by atoms with Gasteiger partial charge in [-0.2, -0.15) is 0 Å². The van der Waals surface area contributed by atoms with E-state index in [1.54, 1.807) is 17.1 Å². The maximum atomic E-state index is 12.2. The Bertz CT molecular complexity index is 537. The Hall–Kier alpha value is -1.11. The number of rotatable bonds is 4. The number of hydrazine groups is 1. The fraction of sp³-hybridized carbons (Fsp3) is 0.538. The maximum absolute atomic E-state index is 12.2. The number of benzene rings is 1. The normalized spacial score (nSPS) is 17.5. The molecule has 5 nitrogen and oxygen atoms in total. The van der Waals surface area contributed by atoms with Gasteiger partial charge in [-0.25, -0.2) is 13.4 Å². The molecule has 1 aliphatic heterocycles. The Morgan fingerprint density at radius 3 is 2.53 bits per heavy atom. The number of aryl methyl sites for hydroxylation is 1. The van der Waals surface area contributed by atoms with Crippen LogP contribution in [-0.2, 0) is 16.4 Å². The average Bonchev–Trinajstić information content (AvgIpc) is 2.39. The Morgan fingerprint density at radius 1 is 1.26 bits per heavy atom. The monoisotopic (exact) mass is 283 g/mol. The number of nitrogens with zero attached hydrogens (tertiary/aromatic N) is 1. The van der Waals surface area contributed by atoms with Gasteiger partial charge in [-0.05, 0) is 37.0 Å². The van der Waals surface area contributed by atoms with E-state index in [4.69, 9.17) is 5.73 Å². The minimum Gasteiger partial charge on any atom is -0.398 e. The fourth-order valence-electron chi connectivity index (χ4n) is 2.27. The summed E-state index contributed by atoms with van der Waals surface area (Å²) >= 11 is 0. The van der Waals surface area contributed by atoms with Crippen LogP contribution in [0.5, 0.6) is 0 Å². The Kier molecular flexibility index (Phi) is 4.44. The number of hydrogen-bond donors (Lipinski definition) is 2. The van der Waals surface area contributed by atoms with Crippen LogP contribution in [0.2, 0.25) is 0 Å². The molecule has 1 aromatic carbocycles. The van der Waals surface area contributed by atoms with E-state index < -0.39 is 10.0 Å². The molecule has 1 aliphatic rings. The van der Waals surface area contributed by atoms with Crippen molar-refractivity contribution in [3.63, 3.8) is 0 Å². The summed E-state index contributed by atoms with van der Waals surface area (Å²) in [6, 6.07) is 4.92. The van der Waals surface area contributed by atoms with E-state index in [1.165, 1.54) is 6.07 Å². The maximum Gasteiger partial charge on any atom is 0.253 e. The second kappa shape index (κ2) is 5.90. The highest BCUT2D eigenvalue weighted by Gasteiger charge is 2.20. The first-order valence-corrected chi connectivity index (χ1v) is 8.17. The molecule has 0 atom stereocenters. The zero-order valence-electron chi connectivity index (χ0n) is 11.2. The molecular weight excluding hydrogens is 262 g/mol. The third kappa shape index (κ3) is 3.46. The Balaban J connectivity index is 2.16. The van der Waals surface area contributed by atoms with Gasteiger partial charge in [-0.15, -0.1) is 4.83 Å². The van der Waals surface area contributed by atoms with Gasteiger partial charge in [-0.1, -0.05) is 19.4 Å². The van der Waals surface area contributed by atoms with Gasteiger partial charge in [0.15, 0.2) is 0 Å². The van der Waals surface area contributed by atoms with Crippen LogP contribution in [0.25, 0.3) is 0 Å². The van der Waals surface area contributed by atoms with E-state index in [9.17, 15) is 8.42 Å². The minimum atomic E-state index is -3.51. The fourth-order valence-corrected chi connectivity index (χ4v) is 3.43. The molecule has 0 unspecified atom stereocenters. The summed E-state index contributed by atoms with van der Waals surface area (Å²) in [6.45, 7) is 3.52. The summed E-state index contributed by atoms with van der Waals surface area (Å²) in [7, 11) is -3.51. The predicted molar refractivity (Wildman–Crippen MR) is 76.0 cm³/mol. The molecule has 0 amide bonds. The second-order valence-corrected chi connectivity index (χ2v) is 6.52. The molecule has 1 fully saturated rings. The molecule has 0 radical (unpaired) electrons. The lowest BCUT2D eigenvalue weighted by Crippen LogP contribution is -2.44. The first-order chi connectivity index (χ1) is 9.03. The third-order valence-electron chi connectivity index (χ3n) is 3.41. The van der Waals surface area contributed by atoms with Crippen molar-refractivity contribution >= 4 is 15.7 Å². The lowest BCUT2D eigenvalue weighted by Gasteiger charge is -2.26. The molecule has 2 rings (SSSR count). The highest BCUT2D eigenvalue weighted by Crippen LogP contribution is 2.19. The smallest absolute Gasteiger partial charge is 0.253 e. The molecule has 19 heavy (non-hydrogen) atoms. The van der Waals surface area contributed by atoms with E-state index in [0.29, 0.717) is 5.69 Å². The van der Waals surface area contributed by atoms with E-state index in [-0.39, 0.29) is 4.90 Å². The summed E-state index contributed by atoms with van der Waals surface area (Å²) in [5.74, 6) is 0. The molecule has 0 aliphatic carbocycles. The summed E-state index contributed by atoms with van der Waals surface area (Å²) in [4.78, 5) is 2.86. The number of sulfonamides is 1. The zero-order valence-corrected chi connectivity index (χ0v) is 12.0. The lowest BCUT2D eigenvalue weighted by molar-refractivity contribution is 0.200. The van der Waals surface area contributed by atoms with Gasteiger partial charge in [0.25, 0.3) is 10.0 Å². The SMILES string of the molecule is CCc1ccc(S(=O)(=O)NN2CCCCC2)cc1N. The number of nitrogens with two attached hydrogens (primary N) is 1. The first kappa shape index (κ1) is 14.3. The van der Waals surface area contributed by atoms with Crippen molar-refractivity contribution in [2.24, 2.45) is 0 Å². The standard InChI is InChI=1S/C13H21N3O2S/c1-2-11-6-7-12(10-13(11)14)19(17,18)15-16-8-4-3-5-9-16/h6-7,10,15H,2-5,8-9,14H2,1H3. The molecule has 106 valence electrons. The van der Waals surface area contributed by atoms with E-state index in [0.717, 1.165) is 44.3 Å². The molecule has 1 saturated heterocycles. The molecule has 1 heterocycles. The van der Waals surface area contributed by atoms with Crippen LogP contribution in [0.15, 0.2) is 23.1 Å². The highest BCUT2D eigenvalue weighted by atomic mass is 32.2. The Labute approximate surface area is 114 Å². The van der Waals surface area contributed by atoms with Crippen molar-refractivity contribution in [2.75, 3.05) is 18.8 Å². The van der Waals surface area contributed by atoms with Gasteiger partial charge in [0, 0.05) is 18.8 Å². The topological polar surface area (TPSA) is 75.4 Å². The van der Waals surface area contributed by atoms with Crippen LogP contribution >= 0.6 is 0 Å². The van der Waals surface area contributed by atoms with Crippen molar-refractivity contribution < 1.29 is 8.42 Å². The highest BCUT2D eigenvalue weighted by molar-refractivity contribution is 7.89. The van der Waals surface area contributed by atoms with Crippen molar-refractivity contribution in [2.45, 2.75) is 37.5 Å². The molecule has 1 aromatic rings. The zero-order chi connectivity index (χ0) is 13.9. The second-order valence-electron chi connectivity index (χ2n) is 4.86. The third-order valence-corrected chi connectivity index (χ3v) is 4.79. The summed E-state index contributed by atoms with van der Waals surface area (Å²) in [5.41, 5.74) is 7.36. The summed E-state index contributed by atoms with van der Waals surface area (Å²) < 4.78 is 24.5. The van der Waals surface area contributed by atoms with Gasteiger partial charge in [0.1, 0.15) is 0 Å². The molecule has 0 bridgehead atoms. The van der Waals surface area contributed by atoms with Gasteiger partial charge < -0.3 is 5.73 Å². The number of anilines is 1. The van der Waals surface area contributed by atoms with Crippen LogP contribution in [0.4, 0.5) is 5.69 Å². The molecule has 0 spiro atoms. The van der Waals surface area contributed by atoms with Crippen LogP contribution < -0.4 is 10.6 Å². The number of piperidine rings is 1. The lowest BCUT2D eigenvalue weighted by atomic mass is 10.1. The first-order valence-electron chi connectivity index (χ1n) is 6.69. The van der Waals surface area contributed by atoms with E-state index in [1.807, 2.05) is 6.92 Å². The Morgan fingerprint density at radius 2 is 1.95 bits per heavy atom. The molecular formula is C13H21N3O2S. The van der Waals surface area contributed by atoms with Crippen LogP contribution in [0.1, 0.15) is 31.7 Å². The summed E-state index contributed by atoms with van der Waals surface area (Å²) in [5, 5.41) is 1.77. The average molecular weight is 283 g/mol. The van der Waals surface area contributed by atoms with Gasteiger partial charge >= 0.3 is 0 Å². The van der Waals surface area contributed by atoms with Crippen molar-refractivity contribution in [1.29, 1.82) is 0 Å². The van der Waals surface area contributed by atoms with Gasteiger partial charge in [0.05, 0.1) is 4.90 Å². The van der Waals surface area contributed by atoms with E-state index >= 15 is 0 Å². The molecule has 3 N–H and O–H groups in total. The molecule has 6 heteroatoms. The summed E-state index contributed by atoms with van der Waals surface area (Å²) in [6.07, 6.45) is 4.01. The number of hydrogen-bond acceptors (Lipinski definition) is 4. The van der Waals surface area contributed by atoms with Crippen molar-refractivity contribution in [1.82, 2.24) is 9.84 Å². The molecule has 0 saturated carbocycles. The number of nitrogens with one attached hydrogen (secondary N) is 1. The quantitative estimate of drug-likeness (QED) is 0.821. The van der Waals surface area contributed by atoms with Crippen LogP contribution in [0.3, 0.4) is 0 Å². The van der Waals surface area contributed by atoms with Crippen molar-refractivity contribution in [3.8, 4) is 0 Å². The minimum absolute atomic E-state index is 0.229.